The molecule has 0 aliphatic rings. The van der Waals surface area contributed by atoms with Crippen LogP contribution in [0, 0.1) is 38.0 Å². The van der Waals surface area contributed by atoms with Crippen LogP contribution in [0.15, 0.2) is 0 Å². The van der Waals surface area contributed by atoms with Gasteiger partial charge in [0.25, 0.3) is 0 Å². The third-order valence-corrected chi connectivity index (χ3v) is 17.1. The molecule has 0 bridgehead atoms. The van der Waals surface area contributed by atoms with E-state index in [2.05, 4.69) is 130 Å². The van der Waals surface area contributed by atoms with E-state index in [1.807, 2.05) is 0 Å². The Morgan fingerprint density at radius 2 is 0.250 bits per heavy atom. The van der Waals surface area contributed by atoms with Gasteiger partial charge in [0.05, 0.1) is 0 Å². The first-order chi connectivity index (χ1) is 14.5. The van der Waals surface area contributed by atoms with Crippen molar-refractivity contribution in [1.82, 2.24) is 0 Å². The van der Waals surface area contributed by atoms with Crippen LogP contribution < -0.4 is 0 Å². The van der Waals surface area contributed by atoms with Gasteiger partial charge >= 0.3 is 245 Å². The van der Waals surface area contributed by atoms with E-state index in [4.69, 9.17) is 0 Å². The van der Waals surface area contributed by atoms with Crippen LogP contribution in [0.3, 0.4) is 0 Å². The standard InChI is InChI=1S/4C6H12Ge2/c4*1-7(2)5-6-8(3)4/h4*1-4H3. The normalized spacial score (nSPS) is 9.25. The molecule has 0 heterocycles. The summed E-state index contributed by atoms with van der Waals surface area (Å²) in [4.78, 5) is 0. The maximum absolute atomic E-state index is 3.34. The van der Waals surface area contributed by atoms with Gasteiger partial charge in [0.15, 0.2) is 0 Å². The molecule has 0 aliphatic heterocycles. The molecular formula is C24H48Ge8. The molecule has 8 radical (unpaired) electrons. The molecule has 176 valence electrons. The average Bonchev–Trinajstić information content (AvgIpc) is 2.63. The van der Waals surface area contributed by atoms with Crippen molar-refractivity contribution in [3.8, 4) is 38.0 Å². The zero-order chi connectivity index (χ0) is 26.3. The molecule has 32 heavy (non-hydrogen) atoms. The Balaban J connectivity index is -0.000000163. The van der Waals surface area contributed by atoms with Crippen LogP contribution in [0.4, 0.5) is 0 Å². The third kappa shape index (κ3) is 63.7. The van der Waals surface area contributed by atoms with Gasteiger partial charge in [0.2, 0.25) is 0 Å². The summed E-state index contributed by atoms with van der Waals surface area (Å²) in [5, 5.41) is 0. The molecule has 0 unspecified atom stereocenters. The summed E-state index contributed by atoms with van der Waals surface area (Å²) in [6, 6.07) is 0. The van der Waals surface area contributed by atoms with Gasteiger partial charge in [-0.2, -0.15) is 0 Å². The molecule has 0 spiro atoms. The molecule has 0 N–H and O–H groups in total. The molecule has 0 saturated carbocycles. The molecule has 0 aromatic heterocycles. The second-order valence-electron chi connectivity index (χ2n) is 9.00. The van der Waals surface area contributed by atoms with Crippen molar-refractivity contribution < 1.29 is 0 Å². The van der Waals surface area contributed by atoms with Gasteiger partial charge < -0.3 is 0 Å². The van der Waals surface area contributed by atoms with Crippen molar-refractivity contribution >= 4 is 115 Å². The molecule has 0 nitrogen and oxygen atoms in total. The third-order valence-electron chi connectivity index (χ3n) is 2.25. The van der Waals surface area contributed by atoms with Crippen LogP contribution in [-0.4, -0.2) is 115 Å². The first kappa shape index (κ1) is 41.7. The van der Waals surface area contributed by atoms with E-state index in [-0.39, 0.29) is 0 Å². The minimum absolute atomic E-state index is 0.769. The molecule has 0 aromatic rings. The van der Waals surface area contributed by atoms with Crippen molar-refractivity contribution in [2.24, 2.45) is 0 Å². The molecule has 0 aromatic carbocycles. The predicted molar refractivity (Wildman–Crippen MR) is 171 cm³/mol. The molecule has 0 aliphatic carbocycles. The van der Waals surface area contributed by atoms with Crippen molar-refractivity contribution in [3.63, 3.8) is 0 Å². The quantitative estimate of drug-likeness (QED) is 0.198. The van der Waals surface area contributed by atoms with E-state index in [1.54, 1.807) is 0 Å². The summed E-state index contributed by atoms with van der Waals surface area (Å²) >= 11 is -6.15. The second kappa shape index (κ2) is 29.8. The first-order valence-electron chi connectivity index (χ1n) is 11.0. The summed E-state index contributed by atoms with van der Waals surface area (Å²) in [6.45, 7) is 0. The zero-order valence-electron chi connectivity index (χ0n) is 24.0. The number of hydrogen-bond acceptors (Lipinski definition) is 0. The molecule has 0 atom stereocenters. The Hall–Kier alpha value is 2.58. The second-order valence-corrected chi connectivity index (χ2v) is 46.8. The first-order valence-corrected chi connectivity index (χ1v) is 53.0. The fourth-order valence-electron chi connectivity index (χ4n) is 1.00. The molecule has 0 rings (SSSR count). The van der Waals surface area contributed by atoms with E-state index in [1.165, 1.54) is 0 Å². The topological polar surface area (TPSA) is 0 Å². The van der Waals surface area contributed by atoms with E-state index < -0.39 is 115 Å². The van der Waals surface area contributed by atoms with Gasteiger partial charge in [-0.05, 0) is 0 Å². The fourth-order valence-corrected chi connectivity index (χ4v) is 27.0. The Labute approximate surface area is 241 Å². The van der Waals surface area contributed by atoms with Gasteiger partial charge in [-0.1, -0.05) is 0 Å². The van der Waals surface area contributed by atoms with Crippen molar-refractivity contribution in [1.29, 1.82) is 0 Å². The number of rotatable bonds is 0. The fraction of sp³-hybridized carbons (Fsp3) is 0.667. The maximum atomic E-state index is 3.34. The number of hydrogen-bond donors (Lipinski definition) is 0. The SMILES string of the molecule is [CH3][Ge]([CH3])[C]#[C][Ge]([CH3])[CH3].[CH3][Ge]([CH3])[C]#[C][Ge]([CH3])[CH3].[CH3][Ge]([CH3])[C]#[C][Ge]([CH3])[CH3].[CH3][Ge]([CH3])[C]#[C][Ge]([CH3])[CH3]. The summed E-state index contributed by atoms with van der Waals surface area (Å²) in [5.41, 5.74) is 0. The van der Waals surface area contributed by atoms with Gasteiger partial charge in [-0.15, -0.1) is 0 Å². The van der Waals surface area contributed by atoms with E-state index >= 15 is 0 Å². The molecule has 8 heteroatoms. The van der Waals surface area contributed by atoms with E-state index in [0.717, 1.165) is 0 Å². The Morgan fingerprint density at radius 3 is 0.281 bits per heavy atom. The van der Waals surface area contributed by atoms with Gasteiger partial charge in [-0.25, -0.2) is 0 Å². The van der Waals surface area contributed by atoms with E-state index in [0.29, 0.717) is 0 Å². The van der Waals surface area contributed by atoms with Crippen molar-refractivity contribution in [2.75, 3.05) is 0 Å². The van der Waals surface area contributed by atoms with Gasteiger partial charge in [0.1, 0.15) is 0 Å². The average molecular weight is 918 g/mol. The Kier molecular flexibility index (Phi) is 38.8. The molecular weight excluding hydrogens is 869 g/mol. The van der Waals surface area contributed by atoms with Crippen molar-refractivity contribution in [2.45, 2.75) is 92.1 Å². The van der Waals surface area contributed by atoms with Crippen molar-refractivity contribution in [3.05, 3.63) is 0 Å². The summed E-state index contributed by atoms with van der Waals surface area (Å²) < 4.78 is 26.7. The van der Waals surface area contributed by atoms with Crippen LogP contribution in [0.2, 0.25) is 92.1 Å². The van der Waals surface area contributed by atoms with Crippen LogP contribution in [0.5, 0.6) is 0 Å². The molecule has 0 amide bonds. The monoisotopic (exact) mass is 928 g/mol. The van der Waals surface area contributed by atoms with E-state index in [9.17, 15) is 0 Å². The van der Waals surface area contributed by atoms with Crippen LogP contribution in [0.1, 0.15) is 0 Å². The summed E-state index contributed by atoms with van der Waals surface area (Å²) in [7, 11) is 0. The Bertz CT molecular complexity index is 494. The Morgan fingerprint density at radius 1 is 0.188 bits per heavy atom. The predicted octanol–water partition coefficient (Wildman–Crippen LogP) is 6.31. The summed E-state index contributed by atoms with van der Waals surface area (Å²) in [6.07, 6.45) is 0. The molecule has 0 saturated heterocycles. The molecule has 0 fully saturated rings. The van der Waals surface area contributed by atoms with Crippen LogP contribution in [0.25, 0.3) is 0 Å². The van der Waals surface area contributed by atoms with Crippen LogP contribution >= 0.6 is 0 Å². The summed E-state index contributed by atoms with van der Waals surface area (Å²) in [5.74, 6) is 36.8. The minimum atomic E-state index is -0.769. The van der Waals surface area contributed by atoms with Crippen LogP contribution in [-0.2, 0) is 0 Å². The van der Waals surface area contributed by atoms with Gasteiger partial charge in [0, 0.05) is 0 Å². The van der Waals surface area contributed by atoms with Gasteiger partial charge in [-0.3, -0.25) is 0 Å². The zero-order valence-corrected chi connectivity index (χ0v) is 40.8.